The Kier molecular flexibility index (Phi) is 7.18. The van der Waals surface area contributed by atoms with Gasteiger partial charge in [0.15, 0.2) is 0 Å². The van der Waals surface area contributed by atoms with Gasteiger partial charge in [-0.05, 0) is 62.1 Å². The molecule has 0 bridgehead atoms. The van der Waals surface area contributed by atoms with Crippen molar-refractivity contribution in [1.29, 1.82) is 0 Å². The van der Waals surface area contributed by atoms with Crippen LogP contribution in [0.3, 0.4) is 0 Å². The molecule has 0 aliphatic heterocycles. The first-order valence-electron chi connectivity index (χ1n) is 11.6. The van der Waals surface area contributed by atoms with Crippen LogP contribution in [0.5, 0.6) is 0 Å². The van der Waals surface area contributed by atoms with Crippen molar-refractivity contribution in [2.75, 3.05) is 23.8 Å². The van der Waals surface area contributed by atoms with Crippen LogP contribution in [0.25, 0.3) is 5.65 Å². The van der Waals surface area contributed by atoms with Gasteiger partial charge in [0.25, 0.3) is 18.3 Å². The Bertz CT molecular complexity index is 1150. The molecule has 2 aromatic heterocycles. The molecule has 6 nitrogen and oxygen atoms in total. The fourth-order valence-corrected chi connectivity index (χ4v) is 4.38. The number of hydrogen-bond donors (Lipinski definition) is 2. The highest BCUT2D eigenvalue weighted by molar-refractivity contribution is 5.94. The van der Waals surface area contributed by atoms with Gasteiger partial charge in [0.2, 0.25) is 0 Å². The van der Waals surface area contributed by atoms with Gasteiger partial charge >= 0.3 is 0 Å². The number of imidazole rings is 1. The van der Waals surface area contributed by atoms with Crippen LogP contribution in [-0.4, -0.2) is 47.4 Å². The number of carbonyl (C=O) groups is 1. The number of pyridine rings is 1. The Balaban J connectivity index is 1.31. The van der Waals surface area contributed by atoms with Crippen molar-refractivity contribution in [2.24, 2.45) is 0 Å². The van der Waals surface area contributed by atoms with Crippen molar-refractivity contribution >= 4 is 23.1 Å². The highest BCUT2D eigenvalue weighted by Gasteiger charge is 2.28. The van der Waals surface area contributed by atoms with Crippen LogP contribution >= 0.6 is 0 Å². The number of benzene rings is 1. The Hall–Kier alpha value is -3.30. The zero-order chi connectivity index (χ0) is 25.2. The van der Waals surface area contributed by atoms with E-state index in [0.717, 1.165) is 32.6 Å². The zero-order valence-electron chi connectivity index (χ0n) is 19.6. The second kappa shape index (κ2) is 10.1. The molecule has 1 aliphatic carbocycles. The molecule has 10 heteroatoms. The maximum Gasteiger partial charge on any atom is 0.288 e. The topological polar surface area (TPSA) is 61.7 Å². The van der Waals surface area contributed by atoms with Crippen LogP contribution in [0.1, 0.15) is 48.7 Å². The highest BCUT2D eigenvalue weighted by atomic mass is 19.3. The molecular formula is C25H29F4N5O. The molecule has 3 aromatic rings. The van der Waals surface area contributed by atoms with E-state index < -0.39 is 12.3 Å². The van der Waals surface area contributed by atoms with Crippen molar-refractivity contribution in [3.8, 4) is 0 Å². The maximum atomic E-state index is 13.7. The summed E-state index contributed by atoms with van der Waals surface area (Å²) in [4.78, 5) is 18.1. The molecule has 1 fully saturated rings. The average molecular weight is 492 g/mol. The Morgan fingerprint density at radius 2 is 1.77 bits per heavy atom. The van der Waals surface area contributed by atoms with E-state index in [1.165, 1.54) is 11.1 Å². The van der Waals surface area contributed by atoms with Gasteiger partial charge in [-0.1, -0.05) is 6.07 Å². The van der Waals surface area contributed by atoms with Crippen LogP contribution in [0.2, 0.25) is 0 Å². The van der Waals surface area contributed by atoms with E-state index in [2.05, 4.69) is 15.6 Å². The van der Waals surface area contributed by atoms with Crippen molar-refractivity contribution in [3.05, 3.63) is 59.9 Å². The molecule has 0 spiro atoms. The number of halogens is 4. The summed E-state index contributed by atoms with van der Waals surface area (Å²) in [5.74, 6) is -2.50. The first-order valence-corrected chi connectivity index (χ1v) is 11.6. The molecule has 0 radical (unpaired) electrons. The van der Waals surface area contributed by atoms with E-state index in [9.17, 15) is 22.4 Å². The van der Waals surface area contributed by atoms with E-state index in [4.69, 9.17) is 0 Å². The number of amides is 1. The molecule has 188 valence electrons. The number of hydrogen-bond acceptors (Lipinski definition) is 4. The first kappa shape index (κ1) is 24.8. The summed E-state index contributed by atoms with van der Waals surface area (Å²) in [6, 6.07) is 12.1. The molecule has 1 aromatic carbocycles. The quantitative estimate of drug-likeness (QED) is 0.420. The fourth-order valence-electron chi connectivity index (χ4n) is 4.38. The van der Waals surface area contributed by atoms with E-state index >= 15 is 0 Å². The molecule has 1 amide bonds. The normalized spacial score (nSPS) is 18.6. The summed E-state index contributed by atoms with van der Waals surface area (Å²) in [7, 11) is 1.58. The average Bonchev–Trinajstić information content (AvgIpc) is 3.26. The van der Waals surface area contributed by atoms with Gasteiger partial charge in [-0.25, -0.2) is 13.8 Å². The number of fused-ring (bicyclic) bond motifs is 1. The first-order chi connectivity index (χ1) is 16.6. The molecule has 2 N–H and O–H groups in total. The van der Waals surface area contributed by atoms with Crippen molar-refractivity contribution in [3.63, 3.8) is 0 Å². The zero-order valence-corrected chi connectivity index (χ0v) is 19.6. The SMILES string of the molecule is CN(CC(F)F)c1ccc(C(=O)NC2CCC(Nc3cccc4nc(C(C)(F)F)cn34)CC2)cc1. The molecule has 0 saturated heterocycles. The molecular weight excluding hydrogens is 462 g/mol. The van der Waals surface area contributed by atoms with E-state index in [-0.39, 0.29) is 30.2 Å². The fraction of sp³-hybridized carbons (Fsp3) is 0.440. The summed E-state index contributed by atoms with van der Waals surface area (Å²) in [6.45, 7) is 0.460. The number of aromatic nitrogens is 2. The third-order valence-corrected chi connectivity index (χ3v) is 6.34. The van der Waals surface area contributed by atoms with E-state index in [1.54, 1.807) is 47.8 Å². The number of rotatable bonds is 8. The van der Waals surface area contributed by atoms with Gasteiger partial charge in [-0.2, -0.15) is 8.78 Å². The maximum absolute atomic E-state index is 13.7. The lowest BCUT2D eigenvalue weighted by Crippen LogP contribution is -2.40. The summed E-state index contributed by atoms with van der Waals surface area (Å²) >= 11 is 0. The molecule has 4 rings (SSSR count). The van der Waals surface area contributed by atoms with Crippen LogP contribution in [-0.2, 0) is 5.92 Å². The van der Waals surface area contributed by atoms with Crippen LogP contribution in [0, 0.1) is 0 Å². The van der Waals surface area contributed by atoms with Crippen LogP contribution < -0.4 is 15.5 Å². The standard InChI is InChI=1S/C25H29F4N5O/c1-25(28,29)20-14-34-22(4-3-5-23(34)32-20)30-17-8-10-18(11-9-17)31-24(35)16-6-12-19(13-7-16)33(2)15-21(26)27/h3-7,12-14,17-18,21,30H,8-11,15H2,1-2H3,(H,31,35). The summed E-state index contributed by atoms with van der Waals surface area (Å²) in [5, 5.41) is 6.48. The summed E-state index contributed by atoms with van der Waals surface area (Å²) in [6.07, 6.45) is 2.10. The Labute approximate surface area is 201 Å². The lowest BCUT2D eigenvalue weighted by Gasteiger charge is -2.30. The van der Waals surface area contributed by atoms with Crippen LogP contribution in [0.15, 0.2) is 48.7 Å². The van der Waals surface area contributed by atoms with Gasteiger partial charge in [0.1, 0.15) is 17.2 Å². The lowest BCUT2D eigenvalue weighted by atomic mass is 9.91. The predicted molar refractivity (Wildman–Crippen MR) is 128 cm³/mol. The summed E-state index contributed by atoms with van der Waals surface area (Å²) < 4.78 is 54.1. The smallest absolute Gasteiger partial charge is 0.288 e. The van der Waals surface area contributed by atoms with Gasteiger partial charge in [0, 0.05) is 43.5 Å². The molecule has 1 aliphatic rings. The lowest BCUT2D eigenvalue weighted by molar-refractivity contribution is 0.0133. The third kappa shape index (κ3) is 6.04. The van der Waals surface area contributed by atoms with Crippen molar-refractivity contribution in [2.45, 2.75) is 57.0 Å². The van der Waals surface area contributed by atoms with E-state index in [1.807, 2.05) is 6.07 Å². The Morgan fingerprint density at radius 3 is 2.40 bits per heavy atom. The minimum Gasteiger partial charge on any atom is -0.369 e. The van der Waals surface area contributed by atoms with Crippen LogP contribution in [0.4, 0.5) is 29.1 Å². The van der Waals surface area contributed by atoms with Gasteiger partial charge < -0.3 is 15.5 Å². The number of nitrogens with one attached hydrogen (secondary N) is 2. The second-order valence-corrected chi connectivity index (χ2v) is 9.14. The van der Waals surface area contributed by atoms with Gasteiger partial charge in [0.05, 0.1) is 6.54 Å². The van der Waals surface area contributed by atoms with E-state index in [0.29, 0.717) is 22.7 Å². The minimum absolute atomic E-state index is 0.0242. The van der Waals surface area contributed by atoms with Crippen molar-refractivity contribution < 1.29 is 22.4 Å². The molecule has 2 heterocycles. The Morgan fingerprint density at radius 1 is 1.11 bits per heavy atom. The van der Waals surface area contributed by atoms with Crippen molar-refractivity contribution in [1.82, 2.24) is 14.7 Å². The minimum atomic E-state index is -3.01. The summed E-state index contributed by atoms with van der Waals surface area (Å²) in [5.41, 5.74) is 1.29. The van der Waals surface area contributed by atoms with Gasteiger partial charge in [-0.3, -0.25) is 9.20 Å². The number of anilines is 2. The number of carbonyl (C=O) groups excluding carboxylic acids is 1. The molecule has 35 heavy (non-hydrogen) atoms. The molecule has 0 atom stereocenters. The third-order valence-electron chi connectivity index (χ3n) is 6.34. The monoisotopic (exact) mass is 491 g/mol. The predicted octanol–water partition coefficient (Wildman–Crippen LogP) is 5.30. The van der Waals surface area contributed by atoms with Gasteiger partial charge in [-0.15, -0.1) is 0 Å². The largest absolute Gasteiger partial charge is 0.369 e. The number of nitrogens with zero attached hydrogens (tertiary/aromatic N) is 3. The second-order valence-electron chi connectivity index (χ2n) is 9.14. The highest BCUT2D eigenvalue weighted by Crippen LogP contribution is 2.28. The number of alkyl halides is 4. The molecule has 1 saturated carbocycles. The molecule has 0 unspecified atom stereocenters.